The Balaban J connectivity index is 0.865. The molecule has 0 saturated heterocycles. The fourth-order valence-electron chi connectivity index (χ4n) is 10.3. The standard InChI is InChI=1S/C60H46N4/c1-3-16-45(17-4-1)61(47-34-30-43(31-35-47)44-32-36-49(37-33-44)63-57-26-11-7-22-53(57)54-23-8-12-27-58(54)63)51-20-15-21-52(42-51)62(46-18-5-2-6-19-46)48-38-40-50(41-39-48)64-59-28-13-9-24-55(59)56-25-10-14-29-60(56)64/h1-30,32-33,36-42,47H,31,34-35H2. The van der Waals surface area contributed by atoms with Crippen LogP contribution in [0, 0.1) is 0 Å². The molecule has 0 spiro atoms. The van der Waals surface area contributed by atoms with E-state index in [9.17, 15) is 0 Å². The van der Waals surface area contributed by atoms with Crippen LogP contribution < -0.4 is 9.80 Å². The molecule has 0 amide bonds. The third kappa shape index (κ3) is 6.54. The fraction of sp³-hybridized carbons (Fsp3) is 0.0667. The molecule has 2 heterocycles. The van der Waals surface area contributed by atoms with Crippen molar-refractivity contribution in [3.8, 4) is 11.4 Å². The molecule has 64 heavy (non-hydrogen) atoms. The first-order chi connectivity index (χ1) is 31.8. The van der Waals surface area contributed by atoms with E-state index >= 15 is 0 Å². The fourth-order valence-corrected chi connectivity index (χ4v) is 10.3. The van der Waals surface area contributed by atoms with Gasteiger partial charge in [-0.15, -0.1) is 0 Å². The molecule has 0 saturated carbocycles. The van der Waals surface area contributed by atoms with E-state index < -0.39 is 0 Å². The van der Waals surface area contributed by atoms with E-state index in [0.29, 0.717) is 6.04 Å². The van der Waals surface area contributed by atoms with Crippen molar-refractivity contribution in [2.45, 2.75) is 25.3 Å². The summed E-state index contributed by atoms with van der Waals surface area (Å²) in [5.74, 6) is 0. The van der Waals surface area contributed by atoms with Gasteiger partial charge in [-0.05, 0) is 134 Å². The molecule has 0 fully saturated rings. The molecule has 0 radical (unpaired) electrons. The van der Waals surface area contributed by atoms with Crippen LogP contribution in [-0.2, 0) is 0 Å². The molecule has 1 aliphatic rings. The summed E-state index contributed by atoms with van der Waals surface area (Å²) in [7, 11) is 0. The second kappa shape index (κ2) is 16.0. The largest absolute Gasteiger partial charge is 0.338 e. The minimum absolute atomic E-state index is 0.300. The second-order valence-corrected chi connectivity index (χ2v) is 16.9. The lowest BCUT2D eigenvalue weighted by atomic mass is 9.89. The topological polar surface area (TPSA) is 16.3 Å². The maximum Gasteiger partial charge on any atom is 0.0541 e. The van der Waals surface area contributed by atoms with Crippen molar-refractivity contribution >= 4 is 77.6 Å². The summed E-state index contributed by atoms with van der Waals surface area (Å²) in [4.78, 5) is 4.95. The van der Waals surface area contributed by atoms with Gasteiger partial charge in [-0.25, -0.2) is 0 Å². The molecule has 9 aromatic carbocycles. The Labute approximate surface area is 373 Å². The van der Waals surface area contributed by atoms with Crippen LogP contribution in [0.1, 0.15) is 24.8 Å². The third-order valence-electron chi connectivity index (χ3n) is 13.2. The van der Waals surface area contributed by atoms with Gasteiger partial charge in [0.1, 0.15) is 0 Å². The quantitative estimate of drug-likeness (QED) is 0.144. The highest BCUT2D eigenvalue weighted by Crippen LogP contribution is 2.42. The minimum atomic E-state index is 0.300. The van der Waals surface area contributed by atoms with Crippen molar-refractivity contribution in [3.05, 3.63) is 242 Å². The zero-order valence-corrected chi connectivity index (χ0v) is 35.5. The number of hydrogen-bond acceptors (Lipinski definition) is 2. The van der Waals surface area contributed by atoms with Gasteiger partial charge in [0, 0.05) is 67.4 Å². The molecule has 1 aliphatic carbocycles. The van der Waals surface area contributed by atoms with E-state index in [-0.39, 0.29) is 0 Å². The molecule has 4 heteroatoms. The number of aromatic nitrogens is 2. The lowest BCUT2D eigenvalue weighted by molar-refractivity contribution is 0.598. The molecule has 1 unspecified atom stereocenters. The van der Waals surface area contributed by atoms with Gasteiger partial charge in [-0.2, -0.15) is 0 Å². The molecule has 12 rings (SSSR count). The summed E-state index contributed by atoms with van der Waals surface area (Å²) < 4.78 is 4.78. The van der Waals surface area contributed by atoms with Crippen LogP contribution in [0.5, 0.6) is 0 Å². The van der Waals surface area contributed by atoms with Crippen molar-refractivity contribution in [1.29, 1.82) is 0 Å². The van der Waals surface area contributed by atoms with Crippen LogP contribution in [0.15, 0.2) is 237 Å². The summed E-state index contributed by atoms with van der Waals surface area (Å²) in [6.07, 6.45) is 5.50. The Morgan fingerprint density at radius 1 is 0.359 bits per heavy atom. The predicted molar refractivity (Wildman–Crippen MR) is 270 cm³/mol. The number of hydrogen-bond donors (Lipinski definition) is 0. The van der Waals surface area contributed by atoms with Crippen molar-refractivity contribution in [2.24, 2.45) is 0 Å². The Bertz CT molecular complexity index is 3360. The molecule has 4 nitrogen and oxygen atoms in total. The van der Waals surface area contributed by atoms with Crippen molar-refractivity contribution in [3.63, 3.8) is 0 Å². The van der Waals surface area contributed by atoms with E-state index in [1.165, 1.54) is 71.8 Å². The molecule has 0 aliphatic heterocycles. The molecule has 0 bridgehead atoms. The van der Waals surface area contributed by atoms with Gasteiger partial charge >= 0.3 is 0 Å². The maximum absolute atomic E-state index is 2.57. The number of allylic oxidation sites excluding steroid dienone is 1. The van der Waals surface area contributed by atoms with Gasteiger partial charge in [0.25, 0.3) is 0 Å². The van der Waals surface area contributed by atoms with Gasteiger partial charge in [-0.3, -0.25) is 0 Å². The van der Waals surface area contributed by atoms with Gasteiger partial charge in [0.05, 0.1) is 22.1 Å². The molecule has 2 aromatic heterocycles. The van der Waals surface area contributed by atoms with Crippen LogP contribution in [0.25, 0.3) is 60.6 Å². The average Bonchev–Trinajstić information content (AvgIpc) is 3.89. The lowest BCUT2D eigenvalue weighted by Crippen LogP contribution is -2.32. The van der Waals surface area contributed by atoms with Crippen LogP contribution in [0.2, 0.25) is 0 Å². The monoisotopic (exact) mass is 822 g/mol. The summed E-state index contributed by atoms with van der Waals surface area (Å²) in [5, 5.41) is 5.11. The first-order valence-corrected chi connectivity index (χ1v) is 22.4. The maximum atomic E-state index is 2.57. The highest BCUT2D eigenvalue weighted by molar-refractivity contribution is 6.10. The Kier molecular flexibility index (Phi) is 9.41. The molecule has 0 N–H and O–H groups in total. The summed E-state index contributed by atoms with van der Waals surface area (Å²) in [6.45, 7) is 0. The SMILES string of the molecule is C1=C(c2ccc(-n3c4ccccc4c4ccccc43)cc2)CCC(N(c2ccccc2)c2cccc(N(c3ccccc3)c3ccc(-n4c5ccccc5c5ccccc54)cc3)c2)C1. The Morgan fingerprint density at radius 2 is 0.781 bits per heavy atom. The first-order valence-electron chi connectivity index (χ1n) is 22.4. The van der Waals surface area contributed by atoms with E-state index in [1.54, 1.807) is 0 Å². The summed E-state index contributed by atoms with van der Waals surface area (Å²) in [5.41, 5.74) is 15.7. The van der Waals surface area contributed by atoms with E-state index in [4.69, 9.17) is 0 Å². The van der Waals surface area contributed by atoms with Crippen LogP contribution in [-0.4, -0.2) is 15.2 Å². The van der Waals surface area contributed by atoms with Crippen molar-refractivity contribution < 1.29 is 0 Å². The van der Waals surface area contributed by atoms with E-state index in [1.807, 2.05) is 0 Å². The highest BCUT2D eigenvalue weighted by Gasteiger charge is 2.25. The molecular formula is C60H46N4. The van der Waals surface area contributed by atoms with Crippen LogP contribution in [0.3, 0.4) is 0 Å². The number of fused-ring (bicyclic) bond motifs is 6. The minimum Gasteiger partial charge on any atom is -0.338 e. The highest BCUT2D eigenvalue weighted by atomic mass is 15.2. The van der Waals surface area contributed by atoms with Gasteiger partial charge in [0.2, 0.25) is 0 Å². The summed E-state index contributed by atoms with van der Waals surface area (Å²) >= 11 is 0. The number of anilines is 5. The first kappa shape index (κ1) is 37.7. The van der Waals surface area contributed by atoms with Crippen molar-refractivity contribution in [1.82, 2.24) is 9.13 Å². The van der Waals surface area contributed by atoms with Crippen LogP contribution >= 0.6 is 0 Å². The molecule has 11 aromatic rings. The summed E-state index contributed by atoms with van der Waals surface area (Å²) in [6, 6.07) is 84.2. The van der Waals surface area contributed by atoms with E-state index in [0.717, 1.165) is 42.0 Å². The van der Waals surface area contributed by atoms with Gasteiger partial charge in [0.15, 0.2) is 0 Å². The average molecular weight is 823 g/mol. The zero-order chi connectivity index (χ0) is 42.4. The molecule has 1 atom stereocenters. The normalized spacial score (nSPS) is 14.0. The Morgan fingerprint density at radius 3 is 1.28 bits per heavy atom. The molecule has 306 valence electrons. The number of benzene rings is 9. The number of para-hydroxylation sites is 6. The second-order valence-electron chi connectivity index (χ2n) is 16.9. The Hall–Kier alpha value is -8.08. The third-order valence-corrected chi connectivity index (χ3v) is 13.2. The number of rotatable bonds is 9. The van der Waals surface area contributed by atoms with Crippen LogP contribution in [0.4, 0.5) is 28.4 Å². The number of nitrogens with zero attached hydrogens (tertiary/aromatic N) is 4. The smallest absolute Gasteiger partial charge is 0.0541 e. The van der Waals surface area contributed by atoms with Gasteiger partial charge < -0.3 is 18.9 Å². The molecular weight excluding hydrogens is 777 g/mol. The van der Waals surface area contributed by atoms with Gasteiger partial charge in [-0.1, -0.05) is 133 Å². The lowest BCUT2D eigenvalue weighted by Gasteiger charge is -2.37. The zero-order valence-electron chi connectivity index (χ0n) is 35.5. The van der Waals surface area contributed by atoms with E-state index in [2.05, 4.69) is 256 Å². The van der Waals surface area contributed by atoms with Crippen molar-refractivity contribution in [2.75, 3.05) is 9.80 Å². The predicted octanol–water partition coefficient (Wildman–Crippen LogP) is 16.1.